The third-order valence-electron chi connectivity index (χ3n) is 2.75. The van der Waals surface area contributed by atoms with Crippen molar-refractivity contribution in [1.29, 1.82) is 0 Å². The molecule has 0 amide bonds. The zero-order chi connectivity index (χ0) is 13.7. The second kappa shape index (κ2) is 6.83. The van der Waals surface area contributed by atoms with Crippen LogP contribution in [0.3, 0.4) is 0 Å². The number of halogens is 1. The predicted molar refractivity (Wildman–Crippen MR) is 81.1 cm³/mol. The van der Waals surface area contributed by atoms with E-state index in [4.69, 9.17) is 16.3 Å². The molecule has 0 saturated heterocycles. The fourth-order valence-electron chi connectivity index (χ4n) is 1.79. The number of hydrogen-bond donors (Lipinski definition) is 0. The standard InChI is InChI=1S/C15H16ClNOS/c1-11-8-14(19-2)13(9-16)15(17-11)18-10-12-6-4-3-5-7-12/h3-8H,9-10H2,1-2H3. The zero-order valence-electron chi connectivity index (χ0n) is 11.0. The first kappa shape index (κ1) is 14.2. The van der Waals surface area contributed by atoms with E-state index in [2.05, 4.69) is 4.98 Å². The molecule has 0 aliphatic heterocycles. The van der Waals surface area contributed by atoms with Crippen LogP contribution < -0.4 is 4.74 Å². The Morgan fingerprint density at radius 2 is 2.00 bits per heavy atom. The van der Waals surface area contributed by atoms with Gasteiger partial charge in [0.2, 0.25) is 5.88 Å². The number of hydrogen-bond acceptors (Lipinski definition) is 3. The minimum absolute atomic E-state index is 0.410. The number of rotatable bonds is 5. The van der Waals surface area contributed by atoms with Crippen LogP contribution in [0.2, 0.25) is 0 Å². The largest absolute Gasteiger partial charge is 0.473 e. The number of nitrogens with zero attached hydrogens (tertiary/aromatic N) is 1. The number of ether oxygens (including phenoxy) is 1. The van der Waals surface area contributed by atoms with Crippen LogP contribution in [0.4, 0.5) is 0 Å². The molecule has 0 N–H and O–H groups in total. The van der Waals surface area contributed by atoms with Crippen LogP contribution in [0.1, 0.15) is 16.8 Å². The Balaban J connectivity index is 2.22. The first-order valence-electron chi connectivity index (χ1n) is 6.01. The van der Waals surface area contributed by atoms with Crippen LogP contribution in [0.5, 0.6) is 5.88 Å². The normalized spacial score (nSPS) is 10.5. The maximum Gasteiger partial charge on any atom is 0.219 e. The summed E-state index contributed by atoms with van der Waals surface area (Å²) in [5.74, 6) is 1.05. The fourth-order valence-corrected chi connectivity index (χ4v) is 2.82. The van der Waals surface area contributed by atoms with Crippen molar-refractivity contribution in [3.63, 3.8) is 0 Å². The van der Waals surface area contributed by atoms with E-state index in [-0.39, 0.29) is 0 Å². The first-order valence-corrected chi connectivity index (χ1v) is 7.77. The van der Waals surface area contributed by atoms with Crippen LogP contribution in [-0.4, -0.2) is 11.2 Å². The summed E-state index contributed by atoms with van der Waals surface area (Å²) in [6.45, 7) is 2.47. The smallest absolute Gasteiger partial charge is 0.219 e. The Hall–Kier alpha value is -1.19. The summed E-state index contributed by atoms with van der Waals surface area (Å²) < 4.78 is 5.83. The minimum atomic E-state index is 0.410. The summed E-state index contributed by atoms with van der Waals surface area (Å²) in [6.07, 6.45) is 2.03. The van der Waals surface area contributed by atoms with Gasteiger partial charge in [-0.3, -0.25) is 0 Å². The second-order valence-corrected chi connectivity index (χ2v) is 5.27. The van der Waals surface area contributed by atoms with Crippen molar-refractivity contribution in [3.05, 3.63) is 53.2 Å². The highest BCUT2D eigenvalue weighted by Gasteiger charge is 2.11. The third kappa shape index (κ3) is 3.64. The van der Waals surface area contributed by atoms with Crippen molar-refractivity contribution < 1.29 is 4.74 Å². The molecule has 19 heavy (non-hydrogen) atoms. The number of thioether (sulfide) groups is 1. The topological polar surface area (TPSA) is 22.1 Å². The van der Waals surface area contributed by atoms with Gasteiger partial charge in [0.1, 0.15) is 6.61 Å². The Morgan fingerprint density at radius 1 is 1.26 bits per heavy atom. The fraction of sp³-hybridized carbons (Fsp3) is 0.267. The van der Waals surface area contributed by atoms with Crippen LogP contribution in [-0.2, 0) is 12.5 Å². The van der Waals surface area contributed by atoms with Gasteiger partial charge in [0.05, 0.1) is 5.88 Å². The van der Waals surface area contributed by atoms with Crippen LogP contribution in [0, 0.1) is 6.92 Å². The molecule has 100 valence electrons. The van der Waals surface area contributed by atoms with Crippen molar-refractivity contribution >= 4 is 23.4 Å². The summed E-state index contributed by atoms with van der Waals surface area (Å²) in [5.41, 5.74) is 3.04. The van der Waals surface area contributed by atoms with Gasteiger partial charge >= 0.3 is 0 Å². The molecule has 2 nitrogen and oxygen atoms in total. The molecule has 1 aromatic heterocycles. The molecule has 0 spiro atoms. The lowest BCUT2D eigenvalue weighted by Gasteiger charge is -2.13. The van der Waals surface area contributed by atoms with Gasteiger partial charge in [-0.15, -0.1) is 23.4 Å². The molecular formula is C15H16ClNOS. The van der Waals surface area contributed by atoms with E-state index < -0.39 is 0 Å². The molecule has 0 bridgehead atoms. The molecule has 0 fully saturated rings. The molecule has 1 heterocycles. The monoisotopic (exact) mass is 293 g/mol. The van der Waals surface area contributed by atoms with Gasteiger partial charge in [0.25, 0.3) is 0 Å². The van der Waals surface area contributed by atoms with Gasteiger partial charge in [0, 0.05) is 16.2 Å². The summed E-state index contributed by atoms with van der Waals surface area (Å²) in [5, 5.41) is 0. The molecule has 0 atom stereocenters. The lowest BCUT2D eigenvalue weighted by Crippen LogP contribution is -2.02. The number of benzene rings is 1. The molecule has 0 radical (unpaired) electrons. The van der Waals surface area contributed by atoms with E-state index in [9.17, 15) is 0 Å². The number of pyridine rings is 1. The van der Waals surface area contributed by atoms with Crippen molar-refractivity contribution in [3.8, 4) is 5.88 Å². The van der Waals surface area contributed by atoms with Gasteiger partial charge in [-0.2, -0.15) is 0 Å². The average Bonchev–Trinajstić information content (AvgIpc) is 2.45. The van der Waals surface area contributed by atoms with E-state index in [1.807, 2.05) is 49.6 Å². The average molecular weight is 294 g/mol. The molecule has 0 aliphatic rings. The Morgan fingerprint density at radius 3 is 2.63 bits per heavy atom. The van der Waals surface area contributed by atoms with E-state index in [1.165, 1.54) is 0 Å². The quantitative estimate of drug-likeness (QED) is 0.601. The summed E-state index contributed by atoms with van der Waals surface area (Å²) in [6, 6.07) is 12.1. The molecule has 4 heteroatoms. The van der Waals surface area contributed by atoms with Crippen molar-refractivity contribution in [2.45, 2.75) is 24.3 Å². The predicted octanol–water partition coefficient (Wildman–Crippen LogP) is 4.43. The number of aryl methyl sites for hydroxylation is 1. The molecule has 1 aromatic carbocycles. The van der Waals surface area contributed by atoms with Gasteiger partial charge in [-0.05, 0) is 24.8 Å². The Kier molecular flexibility index (Phi) is 5.11. The molecule has 0 aliphatic carbocycles. The lowest BCUT2D eigenvalue weighted by molar-refractivity contribution is 0.289. The van der Waals surface area contributed by atoms with Gasteiger partial charge in [-0.1, -0.05) is 30.3 Å². The lowest BCUT2D eigenvalue weighted by atomic mass is 10.2. The third-order valence-corrected chi connectivity index (χ3v) is 3.82. The van der Waals surface area contributed by atoms with Crippen molar-refractivity contribution in [2.24, 2.45) is 0 Å². The van der Waals surface area contributed by atoms with E-state index in [0.717, 1.165) is 21.7 Å². The SMILES string of the molecule is CSc1cc(C)nc(OCc2ccccc2)c1CCl. The van der Waals surface area contributed by atoms with Crippen LogP contribution in [0.15, 0.2) is 41.3 Å². The maximum absolute atomic E-state index is 6.02. The van der Waals surface area contributed by atoms with Gasteiger partial charge in [0.15, 0.2) is 0 Å². The number of aromatic nitrogens is 1. The maximum atomic E-state index is 6.02. The second-order valence-electron chi connectivity index (χ2n) is 4.16. The van der Waals surface area contributed by atoms with E-state index >= 15 is 0 Å². The van der Waals surface area contributed by atoms with Crippen LogP contribution in [0.25, 0.3) is 0 Å². The molecule has 2 rings (SSSR count). The minimum Gasteiger partial charge on any atom is -0.473 e. The molecule has 0 saturated carbocycles. The molecule has 0 unspecified atom stereocenters. The van der Waals surface area contributed by atoms with Gasteiger partial charge in [-0.25, -0.2) is 4.98 Å². The molecular weight excluding hydrogens is 278 g/mol. The summed E-state index contributed by atoms with van der Waals surface area (Å²) in [7, 11) is 0. The molecule has 2 aromatic rings. The van der Waals surface area contributed by atoms with Crippen LogP contribution >= 0.6 is 23.4 Å². The first-order chi connectivity index (χ1) is 9.24. The van der Waals surface area contributed by atoms with E-state index in [1.54, 1.807) is 11.8 Å². The Labute approximate surface area is 123 Å². The van der Waals surface area contributed by atoms with Gasteiger partial charge < -0.3 is 4.74 Å². The highest BCUT2D eigenvalue weighted by molar-refractivity contribution is 7.98. The summed E-state index contributed by atoms with van der Waals surface area (Å²) in [4.78, 5) is 5.58. The number of alkyl halides is 1. The summed E-state index contributed by atoms with van der Waals surface area (Å²) >= 11 is 7.68. The van der Waals surface area contributed by atoms with Crippen molar-refractivity contribution in [1.82, 2.24) is 4.98 Å². The Bertz CT molecular complexity index is 545. The zero-order valence-corrected chi connectivity index (χ0v) is 12.6. The van der Waals surface area contributed by atoms with Crippen molar-refractivity contribution in [2.75, 3.05) is 6.26 Å². The van der Waals surface area contributed by atoms with E-state index in [0.29, 0.717) is 18.4 Å². The highest BCUT2D eigenvalue weighted by Crippen LogP contribution is 2.30. The highest BCUT2D eigenvalue weighted by atomic mass is 35.5.